The lowest BCUT2D eigenvalue weighted by Gasteiger charge is -2.20. The first-order valence-electron chi connectivity index (χ1n) is 9.16. The molecular weight excluding hydrogens is 386 g/mol. The Morgan fingerprint density at radius 1 is 1.03 bits per heavy atom. The van der Waals surface area contributed by atoms with Crippen molar-refractivity contribution in [3.63, 3.8) is 0 Å². The second kappa shape index (κ2) is 8.45. The second-order valence-electron chi connectivity index (χ2n) is 6.79. The normalized spacial score (nSPS) is 12.2. The molecule has 1 N–H and O–H groups in total. The first kappa shape index (κ1) is 20.5. The van der Waals surface area contributed by atoms with Crippen LogP contribution < -0.4 is 9.62 Å². The molecule has 0 radical (unpaired) electrons. The van der Waals surface area contributed by atoms with Gasteiger partial charge in [-0.2, -0.15) is 0 Å². The van der Waals surface area contributed by atoms with Crippen LogP contribution in [0.1, 0.15) is 34.6 Å². The zero-order valence-electron chi connectivity index (χ0n) is 16.5. The van der Waals surface area contributed by atoms with E-state index in [0.29, 0.717) is 5.69 Å². The van der Waals surface area contributed by atoms with Crippen molar-refractivity contribution < 1.29 is 13.2 Å². The number of hydrogen-bond acceptors (Lipinski definition) is 4. The van der Waals surface area contributed by atoms with E-state index < -0.39 is 10.0 Å². The summed E-state index contributed by atoms with van der Waals surface area (Å²) >= 11 is 0. The molecule has 2 aromatic carbocycles. The van der Waals surface area contributed by atoms with Crippen molar-refractivity contribution in [3.05, 3.63) is 89.7 Å². The highest BCUT2D eigenvalue weighted by molar-refractivity contribution is 7.92. The minimum atomic E-state index is -3.80. The van der Waals surface area contributed by atoms with Crippen molar-refractivity contribution in [2.45, 2.75) is 24.8 Å². The number of amides is 1. The van der Waals surface area contributed by atoms with Crippen LogP contribution >= 0.6 is 0 Å². The molecule has 3 rings (SSSR count). The highest BCUT2D eigenvalue weighted by Gasteiger charge is 2.23. The SMILES string of the molecule is Cc1ccc(N(C)S(=O)(=O)c2cccc(C(=O)NC(C)c3ccccn3)c2)cc1. The van der Waals surface area contributed by atoms with Gasteiger partial charge in [-0.25, -0.2) is 8.42 Å². The number of hydrogen-bond donors (Lipinski definition) is 1. The Bertz CT molecular complexity index is 1100. The molecule has 1 amide bonds. The largest absolute Gasteiger partial charge is 0.344 e. The van der Waals surface area contributed by atoms with E-state index >= 15 is 0 Å². The van der Waals surface area contributed by atoms with Gasteiger partial charge in [-0.3, -0.25) is 14.1 Å². The number of carbonyl (C=O) groups is 1. The number of aromatic nitrogens is 1. The average Bonchev–Trinajstić information content (AvgIpc) is 2.74. The van der Waals surface area contributed by atoms with E-state index in [1.165, 1.54) is 23.5 Å². The monoisotopic (exact) mass is 409 g/mol. The molecule has 1 atom stereocenters. The van der Waals surface area contributed by atoms with Gasteiger partial charge in [-0.1, -0.05) is 29.8 Å². The van der Waals surface area contributed by atoms with Crippen LogP contribution in [0.5, 0.6) is 0 Å². The third-order valence-electron chi connectivity index (χ3n) is 4.63. The molecule has 7 heteroatoms. The zero-order chi connectivity index (χ0) is 21.0. The van der Waals surface area contributed by atoms with Crippen molar-refractivity contribution in [1.82, 2.24) is 10.3 Å². The molecule has 150 valence electrons. The fraction of sp³-hybridized carbons (Fsp3) is 0.182. The fourth-order valence-corrected chi connectivity index (χ4v) is 4.08. The molecule has 0 fully saturated rings. The summed E-state index contributed by atoms with van der Waals surface area (Å²) in [7, 11) is -2.30. The Labute approximate surface area is 171 Å². The lowest BCUT2D eigenvalue weighted by molar-refractivity contribution is 0.0939. The number of sulfonamides is 1. The number of anilines is 1. The van der Waals surface area contributed by atoms with E-state index in [1.807, 2.05) is 38.1 Å². The summed E-state index contributed by atoms with van der Waals surface area (Å²) in [6.07, 6.45) is 1.66. The summed E-state index contributed by atoms with van der Waals surface area (Å²) in [4.78, 5) is 16.9. The summed E-state index contributed by atoms with van der Waals surface area (Å²) in [6, 6.07) is 18.4. The van der Waals surface area contributed by atoms with Gasteiger partial charge in [0.1, 0.15) is 0 Å². The molecular formula is C22H23N3O3S. The first-order valence-corrected chi connectivity index (χ1v) is 10.6. The van der Waals surface area contributed by atoms with Crippen molar-refractivity contribution in [1.29, 1.82) is 0 Å². The van der Waals surface area contributed by atoms with E-state index in [-0.39, 0.29) is 22.4 Å². The Hall–Kier alpha value is -3.19. The Balaban J connectivity index is 1.82. The quantitative estimate of drug-likeness (QED) is 0.673. The van der Waals surface area contributed by atoms with Crippen molar-refractivity contribution in [2.75, 3.05) is 11.4 Å². The van der Waals surface area contributed by atoms with Crippen molar-refractivity contribution >= 4 is 21.6 Å². The molecule has 1 unspecified atom stereocenters. The Kier molecular flexibility index (Phi) is 5.98. The van der Waals surface area contributed by atoms with Gasteiger partial charge >= 0.3 is 0 Å². The maximum Gasteiger partial charge on any atom is 0.264 e. The smallest absolute Gasteiger partial charge is 0.264 e. The first-order chi connectivity index (χ1) is 13.8. The van der Waals surface area contributed by atoms with Gasteiger partial charge in [0.25, 0.3) is 15.9 Å². The molecule has 0 aliphatic heterocycles. The average molecular weight is 410 g/mol. The van der Waals surface area contributed by atoms with Crippen LogP contribution in [0.3, 0.4) is 0 Å². The van der Waals surface area contributed by atoms with E-state index in [2.05, 4.69) is 10.3 Å². The molecule has 0 saturated heterocycles. The van der Waals surface area contributed by atoms with E-state index in [9.17, 15) is 13.2 Å². The highest BCUT2D eigenvalue weighted by Crippen LogP contribution is 2.23. The number of benzene rings is 2. The lowest BCUT2D eigenvalue weighted by Crippen LogP contribution is -2.29. The maximum atomic E-state index is 13.0. The standard InChI is InChI=1S/C22H23N3O3S/c1-16-10-12-19(13-11-16)25(3)29(27,28)20-8-6-7-18(15-20)22(26)24-17(2)21-9-4-5-14-23-21/h4-15,17H,1-3H3,(H,24,26). The number of nitrogens with zero attached hydrogens (tertiary/aromatic N) is 2. The molecule has 0 saturated carbocycles. The number of pyridine rings is 1. The highest BCUT2D eigenvalue weighted by atomic mass is 32.2. The van der Waals surface area contributed by atoms with Gasteiger partial charge in [0.2, 0.25) is 0 Å². The van der Waals surface area contributed by atoms with Crippen LogP contribution in [0.15, 0.2) is 77.8 Å². The second-order valence-corrected chi connectivity index (χ2v) is 8.75. The van der Waals surface area contributed by atoms with Crippen LogP contribution in [0.4, 0.5) is 5.69 Å². The molecule has 1 aromatic heterocycles. The van der Waals surface area contributed by atoms with Crippen LogP contribution in [-0.4, -0.2) is 26.4 Å². The molecule has 0 aliphatic carbocycles. The predicted octanol–water partition coefficient (Wildman–Crippen LogP) is 3.71. The van der Waals surface area contributed by atoms with Crippen molar-refractivity contribution in [2.24, 2.45) is 0 Å². The zero-order valence-corrected chi connectivity index (χ0v) is 17.3. The minimum absolute atomic E-state index is 0.0544. The number of aryl methyl sites for hydroxylation is 1. The summed E-state index contributed by atoms with van der Waals surface area (Å²) < 4.78 is 27.2. The van der Waals surface area contributed by atoms with Crippen LogP contribution in [0, 0.1) is 6.92 Å². The summed E-state index contributed by atoms with van der Waals surface area (Å²) in [5.41, 5.74) is 2.59. The molecule has 3 aromatic rings. The Morgan fingerprint density at radius 3 is 2.41 bits per heavy atom. The lowest BCUT2D eigenvalue weighted by atomic mass is 10.1. The molecule has 1 heterocycles. The summed E-state index contributed by atoms with van der Waals surface area (Å²) in [5.74, 6) is -0.363. The third kappa shape index (κ3) is 4.63. The van der Waals surface area contributed by atoms with Gasteiger partial charge in [-0.05, 0) is 56.3 Å². The molecule has 0 bridgehead atoms. The van der Waals surface area contributed by atoms with Gasteiger partial charge < -0.3 is 5.32 Å². The van der Waals surface area contributed by atoms with E-state index in [4.69, 9.17) is 0 Å². The van der Waals surface area contributed by atoms with Gasteiger partial charge in [0.15, 0.2) is 0 Å². The van der Waals surface area contributed by atoms with Gasteiger partial charge in [0, 0.05) is 18.8 Å². The number of carbonyl (C=O) groups excluding carboxylic acids is 1. The van der Waals surface area contributed by atoms with E-state index in [1.54, 1.807) is 36.5 Å². The topological polar surface area (TPSA) is 79.4 Å². The maximum absolute atomic E-state index is 13.0. The third-order valence-corrected chi connectivity index (χ3v) is 6.41. The van der Waals surface area contributed by atoms with Crippen LogP contribution in [0.2, 0.25) is 0 Å². The summed E-state index contributed by atoms with van der Waals surface area (Å²) in [6.45, 7) is 3.76. The summed E-state index contributed by atoms with van der Waals surface area (Å²) in [5, 5.41) is 2.85. The van der Waals surface area contributed by atoms with Gasteiger partial charge in [0.05, 0.1) is 22.3 Å². The molecule has 6 nitrogen and oxygen atoms in total. The molecule has 0 aliphatic rings. The number of rotatable bonds is 6. The Morgan fingerprint density at radius 2 is 1.76 bits per heavy atom. The predicted molar refractivity (Wildman–Crippen MR) is 113 cm³/mol. The van der Waals surface area contributed by atoms with Crippen molar-refractivity contribution in [3.8, 4) is 0 Å². The fourth-order valence-electron chi connectivity index (χ4n) is 2.84. The number of nitrogens with one attached hydrogen (secondary N) is 1. The minimum Gasteiger partial charge on any atom is -0.344 e. The molecule has 29 heavy (non-hydrogen) atoms. The van der Waals surface area contributed by atoms with Crippen LogP contribution in [0.25, 0.3) is 0 Å². The van der Waals surface area contributed by atoms with E-state index in [0.717, 1.165) is 11.3 Å². The van der Waals surface area contributed by atoms with Gasteiger partial charge in [-0.15, -0.1) is 0 Å². The van der Waals surface area contributed by atoms with Crippen LogP contribution in [-0.2, 0) is 10.0 Å². The molecule has 0 spiro atoms.